The van der Waals surface area contributed by atoms with Gasteiger partial charge in [-0.05, 0) is 30.5 Å². The van der Waals surface area contributed by atoms with Gasteiger partial charge in [0.2, 0.25) is 0 Å². The Hall–Kier alpha value is -1.84. The smallest absolute Gasteiger partial charge is 0.125 e. The van der Waals surface area contributed by atoms with E-state index >= 15 is 0 Å². The van der Waals surface area contributed by atoms with Crippen LogP contribution in [0.5, 0.6) is 5.75 Å². The van der Waals surface area contributed by atoms with Crippen LogP contribution < -0.4 is 10.5 Å². The quantitative estimate of drug-likeness (QED) is 0.858. The van der Waals surface area contributed by atoms with E-state index < -0.39 is 5.54 Å². The molecule has 2 aromatic rings. The second kappa shape index (κ2) is 6.74. The van der Waals surface area contributed by atoms with Crippen molar-refractivity contribution in [3.63, 3.8) is 0 Å². The van der Waals surface area contributed by atoms with E-state index in [2.05, 4.69) is 0 Å². The molecule has 0 fully saturated rings. The lowest BCUT2D eigenvalue weighted by Gasteiger charge is -2.28. The first kappa shape index (κ1) is 15.5. The molecule has 0 saturated carbocycles. The second-order valence-corrected chi connectivity index (χ2v) is 5.50. The molecular formula is C18H23NO2. The van der Waals surface area contributed by atoms with Gasteiger partial charge < -0.3 is 15.6 Å². The van der Waals surface area contributed by atoms with Crippen LogP contribution in [0, 0.1) is 13.8 Å². The first-order chi connectivity index (χ1) is 10.1. The molecule has 0 aromatic heterocycles. The largest absolute Gasteiger partial charge is 0.493 e. The molecular weight excluding hydrogens is 262 g/mol. The molecule has 0 bridgehead atoms. The summed E-state index contributed by atoms with van der Waals surface area (Å²) in [6.07, 6.45) is 0.557. The summed E-state index contributed by atoms with van der Waals surface area (Å²) in [5.41, 5.74) is 8.72. The van der Waals surface area contributed by atoms with Gasteiger partial charge in [-0.1, -0.05) is 48.5 Å². The normalized spacial score (nSPS) is 13.7. The van der Waals surface area contributed by atoms with Gasteiger partial charge in [0, 0.05) is 6.42 Å². The Morgan fingerprint density at radius 3 is 2.19 bits per heavy atom. The average Bonchev–Trinajstić information content (AvgIpc) is 2.51. The number of benzene rings is 2. The molecule has 2 aromatic carbocycles. The Kier molecular flexibility index (Phi) is 4.99. The highest BCUT2D eigenvalue weighted by molar-refractivity contribution is 5.39. The van der Waals surface area contributed by atoms with Crippen molar-refractivity contribution in [3.8, 4) is 5.75 Å². The maximum atomic E-state index is 9.66. The molecule has 0 saturated heterocycles. The molecule has 0 amide bonds. The topological polar surface area (TPSA) is 55.5 Å². The molecule has 0 aliphatic heterocycles. The summed E-state index contributed by atoms with van der Waals surface area (Å²) < 4.78 is 5.90. The van der Waals surface area contributed by atoms with Crippen LogP contribution in [0.4, 0.5) is 0 Å². The van der Waals surface area contributed by atoms with Crippen LogP contribution in [0.25, 0.3) is 0 Å². The van der Waals surface area contributed by atoms with Crippen molar-refractivity contribution in [1.82, 2.24) is 0 Å². The number of rotatable bonds is 6. The van der Waals surface area contributed by atoms with Crippen LogP contribution in [0.2, 0.25) is 0 Å². The van der Waals surface area contributed by atoms with Crippen LogP contribution >= 0.6 is 0 Å². The highest BCUT2D eigenvalue weighted by Crippen LogP contribution is 2.25. The number of hydrogen-bond acceptors (Lipinski definition) is 3. The fraction of sp³-hybridized carbons (Fsp3) is 0.333. The van der Waals surface area contributed by atoms with Crippen molar-refractivity contribution in [1.29, 1.82) is 0 Å². The third-order valence-corrected chi connectivity index (χ3v) is 3.83. The average molecular weight is 285 g/mol. The molecule has 0 aliphatic rings. The van der Waals surface area contributed by atoms with Gasteiger partial charge in [-0.25, -0.2) is 0 Å². The predicted molar refractivity (Wildman–Crippen MR) is 85.4 cm³/mol. The van der Waals surface area contributed by atoms with Crippen molar-refractivity contribution in [2.24, 2.45) is 5.73 Å². The van der Waals surface area contributed by atoms with Gasteiger partial charge in [-0.3, -0.25) is 0 Å². The third kappa shape index (κ3) is 3.63. The molecule has 21 heavy (non-hydrogen) atoms. The molecule has 0 radical (unpaired) electrons. The summed E-state index contributed by atoms with van der Waals surface area (Å²) in [4.78, 5) is 0. The molecule has 1 unspecified atom stereocenters. The zero-order valence-corrected chi connectivity index (χ0v) is 12.7. The number of nitrogens with two attached hydrogens (primary N) is 1. The summed E-state index contributed by atoms with van der Waals surface area (Å²) in [6, 6.07) is 15.8. The second-order valence-electron chi connectivity index (χ2n) is 5.50. The van der Waals surface area contributed by atoms with Crippen LogP contribution in [0.1, 0.15) is 23.1 Å². The van der Waals surface area contributed by atoms with Gasteiger partial charge in [0.05, 0.1) is 18.8 Å². The maximum absolute atomic E-state index is 9.66. The van der Waals surface area contributed by atoms with E-state index in [-0.39, 0.29) is 6.61 Å². The lowest BCUT2D eigenvalue weighted by molar-refractivity contribution is 0.162. The molecule has 3 N–H and O–H groups in total. The summed E-state index contributed by atoms with van der Waals surface area (Å²) in [6.45, 7) is 4.42. The van der Waals surface area contributed by atoms with Gasteiger partial charge >= 0.3 is 0 Å². The minimum Gasteiger partial charge on any atom is -0.493 e. The van der Waals surface area contributed by atoms with E-state index in [0.29, 0.717) is 13.0 Å². The van der Waals surface area contributed by atoms with Gasteiger partial charge in [-0.2, -0.15) is 0 Å². The minimum absolute atomic E-state index is 0.104. The Balaban J connectivity index is 2.04. The number of ether oxygens (including phenoxy) is 1. The molecule has 112 valence electrons. The Morgan fingerprint density at radius 1 is 1.00 bits per heavy atom. The monoisotopic (exact) mass is 285 g/mol. The van der Waals surface area contributed by atoms with E-state index in [9.17, 15) is 5.11 Å². The number of aliphatic hydroxyl groups is 1. The summed E-state index contributed by atoms with van der Waals surface area (Å²) in [7, 11) is 0. The van der Waals surface area contributed by atoms with Gasteiger partial charge in [0.25, 0.3) is 0 Å². The molecule has 3 nitrogen and oxygen atoms in total. The van der Waals surface area contributed by atoms with E-state index in [1.54, 1.807) is 0 Å². The number of hydrogen-bond donors (Lipinski definition) is 2. The SMILES string of the molecule is Cc1cccc(C)c1OCCC(N)(CO)c1ccccc1. The van der Waals surface area contributed by atoms with Crippen molar-refractivity contribution in [3.05, 3.63) is 65.2 Å². The maximum Gasteiger partial charge on any atom is 0.125 e. The highest BCUT2D eigenvalue weighted by Gasteiger charge is 2.26. The van der Waals surface area contributed by atoms with Gasteiger partial charge in [0.15, 0.2) is 0 Å². The first-order valence-corrected chi connectivity index (χ1v) is 7.21. The van der Waals surface area contributed by atoms with E-state index in [1.165, 1.54) is 0 Å². The number of para-hydroxylation sites is 1. The fourth-order valence-corrected chi connectivity index (χ4v) is 2.45. The van der Waals surface area contributed by atoms with Gasteiger partial charge in [0.1, 0.15) is 5.75 Å². The Bertz CT molecular complexity index is 563. The summed E-state index contributed by atoms with van der Waals surface area (Å²) in [5.74, 6) is 0.908. The van der Waals surface area contributed by atoms with Crippen molar-refractivity contribution in [2.45, 2.75) is 25.8 Å². The lowest BCUT2D eigenvalue weighted by Crippen LogP contribution is -2.42. The lowest BCUT2D eigenvalue weighted by atomic mass is 9.89. The van der Waals surface area contributed by atoms with Crippen molar-refractivity contribution < 1.29 is 9.84 Å². The molecule has 1 atom stereocenters. The Morgan fingerprint density at radius 2 is 1.62 bits per heavy atom. The molecule has 0 heterocycles. The van der Waals surface area contributed by atoms with Crippen molar-refractivity contribution in [2.75, 3.05) is 13.2 Å². The molecule has 2 rings (SSSR count). The molecule has 3 heteroatoms. The standard InChI is InChI=1S/C18H23NO2/c1-14-7-6-8-15(2)17(14)21-12-11-18(19,13-20)16-9-4-3-5-10-16/h3-10,20H,11-13,19H2,1-2H3. The fourth-order valence-electron chi connectivity index (χ4n) is 2.45. The minimum atomic E-state index is -0.766. The van der Waals surface area contributed by atoms with Crippen LogP contribution in [-0.4, -0.2) is 18.3 Å². The summed E-state index contributed by atoms with van der Waals surface area (Å²) in [5, 5.41) is 9.66. The van der Waals surface area contributed by atoms with E-state index in [1.807, 2.05) is 62.4 Å². The van der Waals surface area contributed by atoms with E-state index in [4.69, 9.17) is 10.5 Å². The zero-order valence-electron chi connectivity index (χ0n) is 12.7. The predicted octanol–water partition coefficient (Wildman–Crippen LogP) is 2.92. The molecule has 0 spiro atoms. The Labute approximate surface area is 126 Å². The van der Waals surface area contributed by atoms with Crippen LogP contribution in [0.15, 0.2) is 48.5 Å². The highest BCUT2D eigenvalue weighted by atomic mass is 16.5. The zero-order chi connectivity index (χ0) is 15.3. The van der Waals surface area contributed by atoms with Crippen LogP contribution in [-0.2, 0) is 5.54 Å². The number of aliphatic hydroxyl groups excluding tert-OH is 1. The van der Waals surface area contributed by atoms with E-state index in [0.717, 1.165) is 22.4 Å². The third-order valence-electron chi connectivity index (χ3n) is 3.83. The number of aryl methyl sites for hydroxylation is 2. The van der Waals surface area contributed by atoms with Crippen LogP contribution in [0.3, 0.4) is 0 Å². The molecule has 0 aliphatic carbocycles. The van der Waals surface area contributed by atoms with Crippen molar-refractivity contribution >= 4 is 0 Å². The summed E-state index contributed by atoms with van der Waals surface area (Å²) >= 11 is 0. The van der Waals surface area contributed by atoms with Gasteiger partial charge in [-0.15, -0.1) is 0 Å². The first-order valence-electron chi connectivity index (χ1n) is 7.21.